The fraction of sp³-hybridized carbons (Fsp3) is 0.138. The van der Waals surface area contributed by atoms with Crippen LogP contribution >= 0.6 is 11.6 Å². The Balaban J connectivity index is 1.38. The van der Waals surface area contributed by atoms with E-state index in [2.05, 4.69) is 32.4 Å². The van der Waals surface area contributed by atoms with Crippen molar-refractivity contribution in [2.45, 2.75) is 26.5 Å². The van der Waals surface area contributed by atoms with Crippen molar-refractivity contribution in [3.63, 3.8) is 0 Å². The summed E-state index contributed by atoms with van der Waals surface area (Å²) in [5.41, 5.74) is 6.14. The van der Waals surface area contributed by atoms with Crippen LogP contribution in [-0.4, -0.2) is 15.0 Å². The number of halogens is 1. The molecule has 7 heteroatoms. The number of nitrogens with zero attached hydrogens (tertiary/aromatic N) is 2. The molecule has 0 saturated carbocycles. The normalized spacial score (nSPS) is 11.9. The Morgan fingerprint density at radius 2 is 1.94 bits per heavy atom. The minimum atomic E-state index is -0.231. The third-order valence-electron chi connectivity index (χ3n) is 6.07. The number of ether oxygens (including phenoxy) is 1. The number of pyridine rings is 3. The molecule has 3 heterocycles. The van der Waals surface area contributed by atoms with E-state index in [1.54, 1.807) is 18.5 Å². The Morgan fingerprint density at radius 3 is 2.75 bits per heavy atom. The first-order valence-electron chi connectivity index (χ1n) is 11.6. The summed E-state index contributed by atoms with van der Waals surface area (Å²) in [7, 11) is 0. The molecule has 0 aliphatic carbocycles. The lowest BCUT2D eigenvalue weighted by atomic mass is 10.0. The average Bonchev–Trinajstić information content (AvgIpc) is 2.88. The molecular weight excluding hydrogens is 472 g/mol. The van der Waals surface area contributed by atoms with Crippen molar-refractivity contribution in [2.24, 2.45) is 0 Å². The molecule has 0 bridgehead atoms. The molecule has 5 rings (SSSR count). The molecule has 0 amide bonds. The van der Waals surface area contributed by atoms with Crippen molar-refractivity contribution in [1.82, 2.24) is 15.0 Å². The van der Waals surface area contributed by atoms with E-state index in [1.807, 2.05) is 68.6 Å². The van der Waals surface area contributed by atoms with E-state index < -0.39 is 0 Å². The van der Waals surface area contributed by atoms with Gasteiger partial charge in [0.05, 0.1) is 22.3 Å². The quantitative estimate of drug-likeness (QED) is 0.262. The smallest absolute Gasteiger partial charge is 0.253 e. The fourth-order valence-corrected chi connectivity index (χ4v) is 4.42. The van der Waals surface area contributed by atoms with Gasteiger partial charge in [-0.1, -0.05) is 29.8 Å². The second kappa shape index (κ2) is 10.2. The van der Waals surface area contributed by atoms with Gasteiger partial charge in [0.2, 0.25) is 0 Å². The maximum absolute atomic E-state index is 13.0. The molecule has 5 aromatic rings. The van der Waals surface area contributed by atoms with Gasteiger partial charge in [-0.2, -0.15) is 0 Å². The van der Waals surface area contributed by atoms with Crippen LogP contribution in [0.1, 0.15) is 29.8 Å². The first kappa shape index (κ1) is 23.6. The molecular formula is C29H25ClN4O2. The fourth-order valence-electron chi connectivity index (χ4n) is 4.19. The van der Waals surface area contributed by atoms with Crippen LogP contribution in [0.3, 0.4) is 0 Å². The lowest BCUT2D eigenvalue weighted by molar-refractivity contribution is 0.302. The van der Waals surface area contributed by atoms with Crippen LogP contribution in [-0.2, 0) is 6.61 Å². The molecule has 2 aromatic carbocycles. The first-order valence-corrected chi connectivity index (χ1v) is 12.0. The van der Waals surface area contributed by atoms with E-state index in [4.69, 9.17) is 16.3 Å². The molecule has 0 aliphatic heterocycles. The second-order valence-electron chi connectivity index (χ2n) is 8.67. The number of benzene rings is 2. The lowest BCUT2D eigenvalue weighted by Gasteiger charge is -2.17. The van der Waals surface area contributed by atoms with Gasteiger partial charge in [0.15, 0.2) is 0 Å². The van der Waals surface area contributed by atoms with Gasteiger partial charge in [0.1, 0.15) is 12.4 Å². The van der Waals surface area contributed by atoms with Gasteiger partial charge in [-0.05, 0) is 73.0 Å². The predicted octanol–water partition coefficient (Wildman–Crippen LogP) is 6.70. The van der Waals surface area contributed by atoms with Crippen LogP contribution in [0, 0.1) is 6.92 Å². The zero-order valence-electron chi connectivity index (χ0n) is 20.0. The summed E-state index contributed by atoms with van der Waals surface area (Å²) in [5, 5.41) is 4.76. The molecule has 36 heavy (non-hydrogen) atoms. The topological polar surface area (TPSA) is 79.9 Å². The van der Waals surface area contributed by atoms with E-state index >= 15 is 0 Å². The Kier molecular flexibility index (Phi) is 6.69. The predicted molar refractivity (Wildman–Crippen MR) is 145 cm³/mol. The monoisotopic (exact) mass is 496 g/mol. The summed E-state index contributed by atoms with van der Waals surface area (Å²) in [6.45, 7) is 4.29. The Labute approximate surface area is 214 Å². The van der Waals surface area contributed by atoms with Crippen molar-refractivity contribution in [2.75, 3.05) is 5.32 Å². The van der Waals surface area contributed by atoms with E-state index in [0.29, 0.717) is 21.9 Å². The number of hydrogen-bond acceptors (Lipinski definition) is 5. The summed E-state index contributed by atoms with van der Waals surface area (Å²) in [6, 6.07) is 21.0. The summed E-state index contributed by atoms with van der Waals surface area (Å²) in [4.78, 5) is 24.4. The van der Waals surface area contributed by atoms with Gasteiger partial charge in [-0.25, -0.2) is 0 Å². The van der Waals surface area contributed by atoms with Crippen molar-refractivity contribution < 1.29 is 4.74 Å². The molecule has 1 atom stereocenters. The van der Waals surface area contributed by atoms with Crippen molar-refractivity contribution >= 4 is 28.2 Å². The molecule has 6 nitrogen and oxygen atoms in total. The summed E-state index contributed by atoms with van der Waals surface area (Å²) < 4.78 is 5.85. The van der Waals surface area contributed by atoms with Crippen LogP contribution < -0.4 is 15.6 Å². The van der Waals surface area contributed by atoms with E-state index in [9.17, 15) is 4.79 Å². The Bertz CT molecular complexity index is 1580. The zero-order valence-corrected chi connectivity index (χ0v) is 20.7. The maximum atomic E-state index is 13.0. The van der Waals surface area contributed by atoms with Crippen molar-refractivity contribution in [1.29, 1.82) is 0 Å². The zero-order chi connectivity index (χ0) is 25.1. The molecule has 0 spiro atoms. The number of hydrogen-bond donors (Lipinski definition) is 2. The number of aromatic nitrogens is 3. The molecule has 0 fully saturated rings. The molecule has 2 N–H and O–H groups in total. The lowest BCUT2D eigenvalue weighted by Crippen LogP contribution is -2.19. The van der Waals surface area contributed by atoms with E-state index in [-0.39, 0.29) is 18.2 Å². The molecule has 0 saturated heterocycles. The number of aryl methyl sites for hydroxylation is 1. The highest BCUT2D eigenvalue weighted by molar-refractivity contribution is 6.32. The standard InChI is InChI=1S/C29H25ClN4O2/c1-18-16-31-11-9-24(18)20-6-5-8-22(12-20)33-19(2)25-13-21-14-26(30)28(15-27(21)34-29(25)35)36-17-23-7-3-4-10-32-23/h3-16,19,33H,17H2,1-2H3,(H,34,35). The Morgan fingerprint density at radius 1 is 1.06 bits per heavy atom. The summed E-state index contributed by atoms with van der Waals surface area (Å²) in [6.07, 6.45) is 5.36. The molecule has 180 valence electrons. The van der Waals surface area contributed by atoms with Gasteiger partial charge in [0.25, 0.3) is 5.56 Å². The number of H-pyrrole nitrogens is 1. The van der Waals surface area contributed by atoms with Crippen molar-refractivity contribution in [3.8, 4) is 16.9 Å². The van der Waals surface area contributed by atoms with Crippen LogP contribution in [0.2, 0.25) is 5.02 Å². The second-order valence-corrected chi connectivity index (χ2v) is 9.08. The number of anilines is 1. The molecule has 1 unspecified atom stereocenters. The third-order valence-corrected chi connectivity index (χ3v) is 6.37. The minimum Gasteiger partial charge on any atom is -0.486 e. The van der Waals surface area contributed by atoms with E-state index in [0.717, 1.165) is 33.5 Å². The average molecular weight is 497 g/mol. The first-order chi connectivity index (χ1) is 17.5. The van der Waals surface area contributed by atoms with Gasteiger partial charge >= 0.3 is 0 Å². The molecule has 0 radical (unpaired) electrons. The third kappa shape index (κ3) is 5.09. The van der Waals surface area contributed by atoms with Gasteiger partial charge in [-0.3, -0.25) is 14.8 Å². The highest BCUT2D eigenvalue weighted by atomic mass is 35.5. The Hall–Kier alpha value is -4.16. The maximum Gasteiger partial charge on any atom is 0.253 e. The number of nitrogens with one attached hydrogen (secondary N) is 2. The molecule has 0 aliphatic rings. The number of aromatic amines is 1. The number of rotatable bonds is 7. The summed E-state index contributed by atoms with van der Waals surface area (Å²) in [5.74, 6) is 0.493. The van der Waals surface area contributed by atoms with Crippen LogP contribution in [0.15, 0.2) is 90.1 Å². The minimum absolute atomic E-state index is 0.165. The van der Waals surface area contributed by atoms with Gasteiger partial charge in [-0.15, -0.1) is 0 Å². The molecule has 3 aromatic heterocycles. The highest BCUT2D eigenvalue weighted by Crippen LogP contribution is 2.31. The summed E-state index contributed by atoms with van der Waals surface area (Å²) >= 11 is 6.50. The van der Waals surface area contributed by atoms with Gasteiger partial charge < -0.3 is 15.0 Å². The highest BCUT2D eigenvalue weighted by Gasteiger charge is 2.14. The largest absolute Gasteiger partial charge is 0.486 e. The van der Waals surface area contributed by atoms with E-state index in [1.165, 1.54) is 0 Å². The van der Waals surface area contributed by atoms with Crippen molar-refractivity contribution in [3.05, 3.63) is 118 Å². The van der Waals surface area contributed by atoms with Gasteiger partial charge in [0, 0.05) is 41.3 Å². The SMILES string of the molecule is Cc1cnccc1-c1cccc(NC(C)c2cc3cc(Cl)c(OCc4ccccn4)cc3[nH]c2=O)c1. The van der Waals surface area contributed by atoms with Crippen LogP contribution in [0.4, 0.5) is 5.69 Å². The number of fused-ring (bicyclic) bond motifs is 1. The van der Waals surface area contributed by atoms with Crippen LogP contribution in [0.5, 0.6) is 5.75 Å². The van der Waals surface area contributed by atoms with Crippen LogP contribution in [0.25, 0.3) is 22.0 Å².